The molecule has 1 fully saturated rings. The van der Waals surface area contributed by atoms with Crippen molar-refractivity contribution in [3.63, 3.8) is 0 Å². The zero-order chi connectivity index (χ0) is 25.9. The van der Waals surface area contributed by atoms with Crippen LogP contribution in [0.3, 0.4) is 0 Å². The molecule has 5 heteroatoms. The Morgan fingerprint density at radius 2 is 1.66 bits per heavy atom. The van der Waals surface area contributed by atoms with Crippen LogP contribution in [-0.4, -0.2) is 19.9 Å². The summed E-state index contributed by atoms with van der Waals surface area (Å²) in [5, 5.41) is 10.7. The van der Waals surface area contributed by atoms with Crippen LogP contribution in [0.1, 0.15) is 40.2 Å². The number of nitrogens with one attached hydrogen (secondary N) is 1. The van der Waals surface area contributed by atoms with Gasteiger partial charge in [0.2, 0.25) is 0 Å². The van der Waals surface area contributed by atoms with E-state index in [4.69, 9.17) is 5.26 Å². The number of benzene rings is 3. The average molecular weight is 472 g/mol. The van der Waals surface area contributed by atoms with E-state index < -0.39 is 0 Å². The average Bonchev–Trinajstić information content (AvgIpc) is 3.76. The number of carbonyl (C=O) groups is 1. The number of nitrogens with two attached hydrogens (primary N) is 1. The summed E-state index contributed by atoms with van der Waals surface area (Å²) in [5.41, 5.74) is 10.1. The third-order valence-corrected chi connectivity index (χ3v) is 4.90. The molecular formula is C30H34FN3O. The van der Waals surface area contributed by atoms with Gasteiger partial charge < -0.3 is 11.1 Å². The first-order chi connectivity index (χ1) is 17.0. The van der Waals surface area contributed by atoms with E-state index in [0.717, 1.165) is 29.9 Å². The second-order valence-electron chi connectivity index (χ2n) is 7.59. The third kappa shape index (κ3) is 11.7. The molecule has 0 atom stereocenters. The van der Waals surface area contributed by atoms with Gasteiger partial charge in [0.25, 0.3) is 0 Å². The van der Waals surface area contributed by atoms with Crippen LogP contribution in [0, 0.1) is 17.1 Å². The summed E-state index contributed by atoms with van der Waals surface area (Å²) in [6.45, 7) is 7.85. The van der Waals surface area contributed by atoms with E-state index >= 15 is 0 Å². The molecule has 4 nitrogen and oxygen atoms in total. The lowest BCUT2D eigenvalue weighted by Gasteiger charge is -2.06. The first kappa shape index (κ1) is 29.2. The molecule has 0 aliphatic heterocycles. The molecule has 0 radical (unpaired) electrons. The van der Waals surface area contributed by atoms with E-state index in [2.05, 4.69) is 48.5 Å². The molecule has 0 bridgehead atoms. The van der Waals surface area contributed by atoms with Crippen LogP contribution in [0.15, 0.2) is 98.1 Å². The first-order valence-corrected chi connectivity index (χ1v) is 11.4. The Bertz CT molecular complexity index is 1080. The third-order valence-electron chi connectivity index (χ3n) is 4.90. The van der Waals surface area contributed by atoms with Crippen LogP contribution in [0.25, 0.3) is 11.1 Å². The first-order valence-electron chi connectivity index (χ1n) is 11.4. The van der Waals surface area contributed by atoms with Crippen molar-refractivity contribution >= 4 is 6.29 Å². The van der Waals surface area contributed by atoms with E-state index in [1.165, 1.54) is 30.5 Å². The number of halogens is 1. The number of nitriles is 1. The maximum atomic E-state index is 12.7. The molecule has 4 rings (SSSR count). The molecular weight excluding hydrogens is 437 g/mol. The lowest BCUT2D eigenvalue weighted by molar-refractivity contribution is 0.112. The Labute approximate surface area is 208 Å². The fourth-order valence-corrected chi connectivity index (χ4v) is 3.11. The molecule has 1 saturated carbocycles. The van der Waals surface area contributed by atoms with Gasteiger partial charge in [-0.3, -0.25) is 4.79 Å². The number of carbonyl (C=O) groups excluding carboxylic acids is 1. The Morgan fingerprint density at radius 3 is 2.17 bits per heavy atom. The molecule has 0 amide bonds. The number of nitrogens with zero attached hydrogens (tertiary/aromatic N) is 1. The van der Waals surface area contributed by atoms with Crippen molar-refractivity contribution in [2.45, 2.75) is 25.3 Å². The van der Waals surface area contributed by atoms with Gasteiger partial charge in [0, 0.05) is 12.1 Å². The largest absolute Gasteiger partial charge is 0.318 e. The zero-order valence-corrected chi connectivity index (χ0v) is 20.3. The Morgan fingerprint density at radius 1 is 1.03 bits per heavy atom. The topological polar surface area (TPSA) is 78.9 Å². The van der Waals surface area contributed by atoms with Crippen molar-refractivity contribution in [1.29, 1.82) is 5.26 Å². The highest BCUT2D eigenvalue weighted by molar-refractivity contribution is 5.78. The van der Waals surface area contributed by atoms with Crippen molar-refractivity contribution in [1.82, 2.24) is 5.32 Å². The zero-order valence-electron chi connectivity index (χ0n) is 20.3. The number of hydrogen-bond donors (Lipinski definition) is 2. The summed E-state index contributed by atoms with van der Waals surface area (Å²) < 4.78 is 12.7. The van der Waals surface area contributed by atoms with Gasteiger partial charge in [0.05, 0.1) is 12.6 Å². The Balaban J connectivity index is 0.000000273. The molecule has 3 aromatic carbocycles. The molecule has 1 aliphatic rings. The van der Waals surface area contributed by atoms with Gasteiger partial charge in [0.15, 0.2) is 0 Å². The predicted molar refractivity (Wildman–Crippen MR) is 143 cm³/mol. The van der Waals surface area contributed by atoms with E-state index in [-0.39, 0.29) is 12.4 Å². The highest BCUT2D eigenvalue weighted by Crippen LogP contribution is 2.41. The summed E-state index contributed by atoms with van der Waals surface area (Å²) >= 11 is 0. The van der Waals surface area contributed by atoms with Crippen LogP contribution in [0.5, 0.6) is 0 Å². The van der Waals surface area contributed by atoms with Crippen molar-refractivity contribution in [2.24, 2.45) is 5.73 Å². The van der Waals surface area contributed by atoms with Gasteiger partial charge in [-0.2, -0.15) is 5.26 Å². The summed E-state index contributed by atoms with van der Waals surface area (Å²) in [7, 11) is 2.00. The minimum absolute atomic E-state index is 0.125. The number of rotatable bonds is 6. The minimum atomic E-state index is -0.259. The molecule has 0 spiro atoms. The van der Waals surface area contributed by atoms with E-state index in [1.807, 2.05) is 19.2 Å². The van der Waals surface area contributed by atoms with Crippen LogP contribution < -0.4 is 11.1 Å². The molecule has 35 heavy (non-hydrogen) atoms. The molecule has 182 valence electrons. The predicted octanol–water partition coefficient (Wildman–Crippen LogP) is 6.42. The van der Waals surface area contributed by atoms with Gasteiger partial charge in [-0.15, -0.1) is 0 Å². The van der Waals surface area contributed by atoms with Crippen molar-refractivity contribution < 1.29 is 9.18 Å². The number of hydrogen-bond acceptors (Lipinski definition) is 4. The van der Waals surface area contributed by atoms with Gasteiger partial charge in [-0.05, 0) is 66.3 Å². The van der Waals surface area contributed by atoms with Gasteiger partial charge in [-0.1, -0.05) is 79.9 Å². The van der Waals surface area contributed by atoms with Gasteiger partial charge >= 0.3 is 0 Å². The molecule has 0 aromatic heterocycles. The highest BCUT2D eigenvalue weighted by atomic mass is 19.1. The molecule has 3 aromatic rings. The molecule has 0 saturated heterocycles. The standard InChI is InChI=1S/C13H9FO.C11H15N.C4H6.C2H4N2/c14-13-6-4-11(5-7-13)12-3-1-2-10(8-12)9-15;1-12-8-10-4-2-3-5-11(10)9-6-7-9;1-3-4-2;3-1-2-4/h1-9H;2-5,9,12H,6-8H2,1H3;3-4H,1-2H2;1,3H2. The Hall–Kier alpha value is -3.85. The maximum absolute atomic E-state index is 12.7. The lowest BCUT2D eigenvalue weighted by Crippen LogP contribution is -2.07. The second-order valence-corrected chi connectivity index (χ2v) is 7.59. The van der Waals surface area contributed by atoms with Crippen molar-refractivity contribution in [2.75, 3.05) is 13.6 Å². The minimum Gasteiger partial charge on any atom is -0.318 e. The number of aldehydes is 1. The van der Waals surface area contributed by atoms with E-state index in [0.29, 0.717) is 5.56 Å². The molecule has 0 heterocycles. The van der Waals surface area contributed by atoms with Crippen LogP contribution >= 0.6 is 0 Å². The maximum Gasteiger partial charge on any atom is 0.150 e. The fraction of sp³-hybridized carbons (Fsp3) is 0.200. The second kappa shape index (κ2) is 17.6. The normalized spacial score (nSPS) is 11.0. The summed E-state index contributed by atoms with van der Waals surface area (Å²) in [6.07, 6.45) is 6.86. The quantitative estimate of drug-likeness (QED) is 0.247. The molecule has 1 aliphatic carbocycles. The monoisotopic (exact) mass is 471 g/mol. The SMILES string of the molecule is C=CC=C.CNCc1ccccc1C1CC1.N#CCN.O=Cc1cccc(-c2ccc(F)cc2)c1. The van der Waals surface area contributed by atoms with Gasteiger partial charge in [0.1, 0.15) is 12.1 Å². The van der Waals surface area contributed by atoms with E-state index in [1.54, 1.807) is 48.1 Å². The summed E-state index contributed by atoms with van der Waals surface area (Å²) in [6, 6.07) is 23.9. The smallest absolute Gasteiger partial charge is 0.150 e. The van der Waals surface area contributed by atoms with Crippen molar-refractivity contribution in [3.05, 3.63) is 121 Å². The van der Waals surface area contributed by atoms with Crippen LogP contribution in [0.4, 0.5) is 4.39 Å². The summed E-state index contributed by atoms with van der Waals surface area (Å²) in [5.74, 6) is 0.611. The van der Waals surface area contributed by atoms with Crippen LogP contribution in [0.2, 0.25) is 0 Å². The summed E-state index contributed by atoms with van der Waals surface area (Å²) in [4.78, 5) is 10.6. The fourth-order valence-electron chi connectivity index (χ4n) is 3.11. The Kier molecular flexibility index (Phi) is 14.7. The van der Waals surface area contributed by atoms with Crippen molar-refractivity contribution in [3.8, 4) is 17.2 Å². The number of allylic oxidation sites excluding steroid dienone is 2. The highest BCUT2D eigenvalue weighted by Gasteiger charge is 2.25. The molecule has 3 N–H and O–H groups in total. The van der Waals surface area contributed by atoms with E-state index in [9.17, 15) is 9.18 Å². The van der Waals surface area contributed by atoms with Crippen LogP contribution in [-0.2, 0) is 6.54 Å². The molecule has 0 unspecified atom stereocenters. The lowest BCUT2D eigenvalue weighted by atomic mass is 10.0. The van der Waals surface area contributed by atoms with Gasteiger partial charge in [-0.25, -0.2) is 4.39 Å².